The van der Waals surface area contributed by atoms with E-state index in [0.29, 0.717) is 6.54 Å². The number of halogens is 2. The molecular formula is C16H23FIN5. The average molecular weight is 431 g/mol. The van der Waals surface area contributed by atoms with Crippen LogP contribution >= 0.6 is 24.0 Å². The van der Waals surface area contributed by atoms with Crippen LogP contribution in [0.4, 0.5) is 4.39 Å². The molecule has 0 bridgehead atoms. The van der Waals surface area contributed by atoms with E-state index in [1.165, 1.54) is 12.1 Å². The SMILES string of the molecule is CCNC(=NCCc1ccn(-c2ccc(F)cc2)n1)NCC.I. The van der Waals surface area contributed by atoms with Crippen LogP contribution in [0.25, 0.3) is 5.69 Å². The van der Waals surface area contributed by atoms with Crippen molar-refractivity contribution >= 4 is 29.9 Å². The molecule has 0 radical (unpaired) electrons. The largest absolute Gasteiger partial charge is 0.357 e. The van der Waals surface area contributed by atoms with Crippen LogP contribution in [0.15, 0.2) is 41.5 Å². The molecule has 1 aromatic heterocycles. The molecule has 0 amide bonds. The van der Waals surface area contributed by atoms with Crippen molar-refractivity contribution in [3.8, 4) is 5.69 Å². The van der Waals surface area contributed by atoms with E-state index in [4.69, 9.17) is 0 Å². The van der Waals surface area contributed by atoms with Crippen LogP contribution in [0.5, 0.6) is 0 Å². The summed E-state index contributed by atoms with van der Waals surface area (Å²) in [5, 5.41) is 10.9. The molecule has 2 aromatic rings. The molecule has 0 fully saturated rings. The van der Waals surface area contributed by atoms with E-state index in [2.05, 4.69) is 20.7 Å². The molecule has 0 spiro atoms. The number of guanidine groups is 1. The Morgan fingerprint density at radius 2 is 1.78 bits per heavy atom. The molecule has 0 aliphatic rings. The number of nitrogens with one attached hydrogen (secondary N) is 2. The molecule has 2 rings (SSSR count). The average Bonchev–Trinajstić information content (AvgIpc) is 2.97. The quantitative estimate of drug-likeness (QED) is 0.420. The van der Waals surface area contributed by atoms with Crippen molar-refractivity contribution in [1.82, 2.24) is 20.4 Å². The first-order valence-electron chi connectivity index (χ1n) is 7.55. The lowest BCUT2D eigenvalue weighted by atomic mass is 10.3. The zero-order valence-electron chi connectivity index (χ0n) is 13.4. The molecule has 2 N–H and O–H groups in total. The summed E-state index contributed by atoms with van der Waals surface area (Å²) in [6, 6.07) is 8.23. The van der Waals surface area contributed by atoms with Crippen LogP contribution in [0.1, 0.15) is 19.5 Å². The number of hydrogen-bond acceptors (Lipinski definition) is 2. The van der Waals surface area contributed by atoms with Gasteiger partial charge in [0.1, 0.15) is 5.82 Å². The van der Waals surface area contributed by atoms with Gasteiger partial charge in [-0.25, -0.2) is 9.07 Å². The van der Waals surface area contributed by atoms with Crippen LogP contribution in [0.2, 0.25) is 0 Å². The fourth-order valence-corrected chi connectivity index (χ4v) is 2.02. The molecule has 7 heteroatoms. The highest BCUT2D eigenvalue weighted by molar-refractivity contribution is 14.0. The van der Waals surface area contributed by atoms with E-state index in [0.717, 1.165) is 36.9 Å². The second-order valence-corrected chi connectivity index (χ2v) is 4.77. The minimum absolute atomic E-state index is 0. The van der Waals surface area contributed by atoms with Crippen LogP contribution < -0.4 is 10.6 Å². The lowest BCUT2D eigenvalue weighted by Gasteiger charge is -2.08. The van der Waals surface area contributed by atoms with Crippen LogP contribution in [0.3, 0.4) is 0 Å². The molecule has 0 saturated heterocycles. The van der Waals surface area contributed by atoms with Crippen molar-refractivity contribution in [2.24, 2.45) is 4.99 Å². The third-order valence-corrected chi connectivity index (χ3v) is 3.06. The monoisotopic (exact) mass is 431 g/mol. The smallest absolute Gasteiger partial charge is 0.191 e. The van der Waals surface area contributed by atoms with Crippen LogP contribution in [0, 0.1) is 5.82 Å². The Bertz CT molecular complexity index is 601. The second-order valence-electron chi connectivity index (χ2n) is 4.77. The number of rotatable bonds is 6. The molecule has 1 aromatic carbocycles. The summed E-state index contributed by atoms with van der Waals surface area (Å²) in [4.78, 5) is 4.49. The molecular weight excluding hydrogens is 408 g/mol. The second kappa shape index (κ2) is 10.2. The number of aliphatic imine (C=N–C) groups is 1. The van der Waals surface area contributed by atoms with Gasteiger partial charge in [0.05, 0.1) is 11.4 Å². The zero-order valence-corrected chi connectivity index (χ0v) is 15.8. The fraction of sp³-hybridized carbons (Fsp3) is 0.375. The van der Waals surface area contributed by atoms with Crippen LogP contribution in [-0.4, -0.2) is 35.4 Å². The van der Waals surface area contributed by atoms with Crippen molar-refractivity contribution in [1.29, 1.82) is 0 Å². The zero-order chi connectivity index (χ0) is 15.8. The number of nitrogens with zero attached hydrogens (tertiary/aromatic N) is 3. The summed E-state index contributed by atoms with van der Waals surface area (Å²) in [5.41, 5.74) is 1.80. The van der Waals surface area contributed by atoms with E-state index in [9.17, 15) is 4.39 Å². The van der Waals surface area contributed by atoms with Crippen LogP contribution in [-0.2, 0) is 6.42 Å². The standard InChI is InChI=1S/C16H22FN5.HI/c1-3-18-16(19-4-2)20-11-9-14-10-12-22(21-14)15-7-5-13(17)6-8-15;/h5-8,10,12H,3-4,9,11H2,1-2H3,(H2,18,19,20);1H. The minimum Gasteiger partial charge on any atom is -0.357 e. The Hall–Kier alpha value is -1.64. The van der Waals surface area contributed by atoms with Crippen molar-refractivity contribution < 1.29 is 4.39 Å². The molecule has 0 aliphatic heterocycles. The molecule has 1 heterocycles. The normalized spacial score (nSPS) is 9.87. The van der Waals surface area contributed by atoms with E-state index in [-0.39, 0.29) is 29.8 Å². The highest BCUT2D eigenvalue weighted by Crippen LogP contribution is 2.09. The maximum Gasteiger partial charge on any atom is 0.191 e. The molecule has 126 valence electrons. The maximum atomic E-state index is 12.9. The summed E-state index contributed by atoms with van der Waals surface area (Å²) in [7, 11) is 0. The third kappa shape index (κ3) is 6.17. The molecule has 23 heavy (non-hydrogen) atoms. The van der Waals surface area contributed by atoms with E-state index in [1.807, 2.05) is 26.1 Å². The van der Waals surface area contributed by atoms with Gasteiger partial charge in [-0.05, 0) is 44.2 Å². The van der Waals surface area contributed by atoms with Gasteiger partial charge in [0.2, 0.25) is 0 Å². The Kier molecular flexibility index (Phi) is 8.60. The Balaban J connectivity index is 0.00000264. The van der Waals surface area contributed by atoms with Gasteiger partial charge < -0.3 is 10.6 Å². The summed E-state index contributed by atoms with van der Waals surface area (Å²) < 4.78 is 14.7. The highest BCUT2D eigenvalue weighted by atomic mass is 127. The van der Waals surface area contributed by atoms with Crippen molar-refractivity contribution in [3.05, 3.63) is 48.0 Å². The van der Waals surface area contributed by atoms with E-state index in [1.54, 1.807) is 16.8 Å². The first-order valence-corrected chi connectivity index (χ1v) is 7.55. The van der Waals surface area contributed by atoms with E-state index < -0.39 is 0 Å². The van der Waals surface area contributed by atoms with Gasteiger partial charge >= 0.3 is 0 Å². The summed E-state index contributed by atoms with van der Waals surface area (Å²) >= 11 is 0. The van der Waals surface area contributed by atoms with Crippen molar-refractivity contribution in [2.75, 3.05) is 19.6 Å². The van der Waals surface area contributed by atoms with Gasteiger partial charge in [-0.3, -0.25) is 4.99 Å². The Morgan fingerprint density at radius 3 is 2.39 bits per heavy atom. The topological polar surface area (TPSA) is 54.2 Å². The van der Waals surface area contributed by atoms with Gasteiger partial charge in [0.25, 0.3) is 0 Å². The van der Waals surface area contributed by atoms with Gasteiger partial charge in [-0.2, -0.15) is 5.10 Å². The van der Waals surface area contributed by atoms with Gasteiger partial charge in [-0.1, -0.05) is 0 Å². The Morgan fingerprint density at radius 1 is 1.13 bits per heavy atom. The molecule has 5 nitrogen and oxygen atoms in total. The third-order valence-electron chi connectivity index (χ3n) is 3.06. The van der Waals surface area contributed by atoms with Gasteiger partial charge in [0, 0.05) is 32.3 Å². The predicted molar refractivity (Wildman–Crippen MR) is 102 cm³/mol. The Labute approximate surface area is 153 Å². The molecule has 0 atom stereocenters. The molecule has 0 saturated carbocycles. The number of aromatic nitrogens is 2. The highest BCUT2D eigenvalue weighted by Gasteiger charge is 2.02. The lowest BCUT2D eigenvalue weighted by molar-refractivity contribution is 0.627. The fourth-order valence-electron chi connectivity index (χ4n) is 2.02. The minimum atomic E-state index is -0.246. The van der Waals surface area contributed by atoms with E-state index >= 15 is 0 Å². The first kappa shape index (κ1) is 19.4. The maximum absolute atomic E-state index is 12.9. The first-order chi connectivity index (χ1) is 10.7. The van der Waals surface area contributed by atoms with Crippen molar-refractivity contribution in [3.63, 3.8) is 0 Å². The number of hydrogen-bond donors (Lipinski definition) is 2. The van der Waals surface area contributed by atoms with Gasteiger partial charge in [0.15, 0.2) is 5.96 Å². The molecule has 0 aliphatic carbocycles. The summed E-state index contributed by atoms with van der Waals surface area (Å²) in [6.45, 7) is 6.42. The molecule has 0 unspecified atom stereocenters. The van der Waals surface area contributed by atoms with Crippen molar-refractivity contribution in [2.45, 2.75) is 20.3 Å². The summed E-state index contributed by atoms with van der Waals surface area (Å²) in [6.07, 6.45) is 2.64. The lowest BCUT2D eigenvalue weighted by Crippen LogP contribution is -2.37. The predicted octanol–water partition coefficient (Wildman–Crippen LogP) is 2.75. The number of benzene rings is 1. The summed E-state index contributed by atoms with van der Waals surface area (Å²) in [5.74, 6) is 0.577. The van der Waals surface area contributed by atoms with Gasteiger partial charge in [-0.15, -0.1) is 24.0 Å².